The molecule has 1 aromatic heterocycles. The van der Waals surface area contributed by atoms with E-state index in [1.807, 2.05) is 0 Å². The molecule has 1 fully saturated rings. The van der Waals surface area contributed by atoms with Gasteiger partial charge in [-0.05, 0) is 33.0 Å². The third-order valence-corrected chi connectivity index (χ3v) is 4.36. The topological polar surface area (TPSA) is 48.9 Å². The van der Waals surface area contributed by atoms with Crippen LogP contribution in [0.2, 0.25) is 0 Å². The number of likely N-dealkylation sites (N-methyl/N-ethyl adjacent to an activating group) is 1. The van der Waals surface area contributed by atoms with Crippen LogP contribution >= 0.6 is 11.3 Å². The molecule has 1 aliphatic rings. The molecule has 0 radical (unpaired) electrons. The zero-order chi connectivity index (χ0) is 15.1. The number of morpholine rings is 1. The molecule has 0 amide bonds. The second-order valence-electron chi connectivity index (χ2n) is 5.34. The number of hydrogen-bond donors (Lipinski definition) is 2. The number of nitrogens with one attached hydrogen (secondary N) is 2. The highest BCUT2D eigenvalue weighted by Gasteiger charge is 2.17. The SMILES string of the molecule is CCNC(=NCc1ccc(C)s1)NCC1CN(C)CCO1. The number of nitrogens with zero attached hydrogens (tertiary/aromatic N) is 2. The molecule has 118 valence electrons. The molecule has 0 aliphatic carbocycles. The maximum atomic E-state index is 5.76. The average Bonchev–Trinajstić information content (AvgIpc) is 2.88. The molecule has 1 aliphatic heterocycles. The van der Waals surface area contributed by atoms with Crippen LogP contribution in [-0.4, -0.2) is 56.8 Å². The summed E-state index contributed by atoms with van der Waals surface area (Å²) in [5, 5.41) is 6.66. The van der Waals surface area contributed by atoms with E-state index >= 15 is 0 Å². The van der Waals surface area contributed by atoms with Gasteiger partial charge < -0.3 is 20.3 Å². The predicted octanol–water partition coefficient (Wildman–Crippen LogP) is 1.44. The number of hydrogen-bond acceptors (Lipinski definition) is 4. The molecular formula is C15H26N4OS. The van der Waals surface area contributed by atoms with E-state index in [9.17, 15) is 0 Å². The predicted molar refractivity (Wildman–Crippen MR) is 89.1 cm³/mol. The molecular weight excluding hydrogens is 284 g/mol. The molecule has 6 heteroatoms. The van der Waals surface area contributed by atoms with Gasteiger partial charge in [0, 0.05) is 35.9 Å². The Bertz CT molecular complexity index is 460. The highest BCUT2D eigenvalue weighted by molar-refractivity contribution is 7.11. The van der Waals surface area contributed by atoms with E-state index in [4.69, 9.17) is 4.74 Å². The molecule has 1 saturated heterocycles. The van der Waals surface area contributed by atoms with Crippen LogP contribution in [0.25, 0.3) is 0 Å². The minimum atomic E-state index is 0.233. The van der Waals surface area contributed by atoms with E-state index in [2.05, 4.69) is 53.6 Å². The average molecular weight is 310 g/mol. The molecule has 0 saturated carbocycles. The van der Waals surface area contributed by atoms with Gasteiger partial charge in [-0.3, -0.25) is 0 Å². The van der Waals surface area contributed by atoms with Crippen LogP contribution in [0.4, 0.5) is 0 Å². The van der Waals surface area contributed by atoms with Crippen molar-refractivity contribution in [2.75, 3.05) is 39.8 Å². The standard InChI is InChI=1S/C15H26N4OS/c1-4-16-15(18-10-14-6-5-12(2)21-14)17-9-13-11-19(3)7-8-20-13/h5-6,13H,4,7-11H2,1-3H3,(H2,16,17,18). The molecule has 0 spiro atoms. The van der Waals surface area contributed by atoms with Crippen molar-refractivity contribution in [3.05, 3.63) is 21.9 Å². The summed E-state index contributed by atoms with van der Waals surface area (Å²) in [6.45, 7) is 9.37. The fourth-order valence-electron chi connectivity index (χ4n) is 2.27. The van der Waals surface area contributed by atoms with Gasteiger partial charge in [0.05, 0.1) is 19.3 Å². The molecule has 2 heterocycles. The summed E-state index contributed by atoms with van der Waals surface area (Å²) in [7, 11) is 2.13. The molecule has 1 aromatic rings. The van der Waals surface area contributed by atoms with Gasteiger partial charge in [-0.25, -0.2) is 4.99 Å². The number of aliphatic imine (C=N–C) groups is 1. The maximum absolute atomic E-state index is 5.76. The van der Waals surface area contributed by atoms with Gasteiger partial charge in [0.15, 0.2) is 5.96 Å². The highest BCUT2D eigenvalue weighted by atomic mass is 32.1. The number of guanidine groups is 1. The van der Waals surface area contributed by atoms with Crippen molar-refractivity contribution < 1.29 is 4.74 Å². The van der Waals surface area contributed by atoms with Crippen LogP contribution in [0.5, 0.6) is 0 Å². The Morgan fingerprint density at radius 3 is 3.00 bits per heavy atom. The van der Waals surface area contributed by atoms with Crippen molar-refractivity contribution in [2.24, 2.45) is 4.99 Å². The fourth-order valence-corrected chi connectivity index (χ4v) is 3.08. The van der Waals surface area contributed by atoms with Gasteiger partial charge in [-0.15, -0.1) is 11.3 Å². The van der Waals surface area contributed by atoms with Gasteiger partial charge in [0.2, 0.25) is 0 Å². The van der Waals surface area contributed by atoms with Crippen LogP contribution in [0.3, 0.4) is 0 Å². The van der Waals surface area contributed by atoms with Crippen LogP contribution in [0.1, 0.15) is 16.7 Å². The summed E-state index contributed by atoms with van der Waals surface area (Å²) in [4.78, 5) is 9.56. The van der Waals surface area contributed by atoms with Crippen molar-refractivity contribution in [2.45, 2.75) is 26.5 Å². The summed E-state index contributed by atoms with van der Waals surface area (Å²) < 4.78 is 5.76. The zero-order valence-corrected chi connectivity index (χ0v) is 14.0. The van der Waals surface area contributed by atoms with Crippen molar-refractivity contribution in [3.63, 3.8) is 0 Å². The molecule has 21 heavy (non-hydrogen) atoms. The first-order valence-electron chi connectivity index (χ1n) is 7.55. The Kier molecular flexibility index (Phi) is 6.48. The molecule has 5 nitrogen and oxygen atoms in total. The fraction of sp³-hybridized carbons (Fsp3) is 0.667. The summed E-state index contributed by atoms with van der Waals surface area (Å²) in [5.41, 5.74) is 0. The summed E-state index contributed by atoms with van der Waals surface area (Å²) in [6.07, 6.45) is 0.233. The van der Waals surface area contributed by atoms with Crippen molar-refractivity contribution in [1.29, 1.82) is 0 Å². The van der Waals surface area contributed by atoms with Gasteiger partial charge >= 0.3 is 0 Å². The van der Waals surface area contributed by atoms with Crippen LogP contribution < -0.4 is 10.6 Å². The van der Waals surface area contributed by atoms with Gasteiger partial charge in [-0.2, -0.15) is 0 Å². The Morgan fingerprint density at radius 1 is 1.48 bits per heavy atom. The monoisotopic (exact) mass is 310 g/mol. The van der Waals surface area contributed by atoms with Crippen molar-refractivity contribution in [1.82, 2.24) is 15.5 Å². The third kappa shape index (κ3) is 5.65. The first-order chi connectivity index (χ1) is 10.2. The summed E-state index contributed by atoms with van der Waals surface area (Å²) in [5.74, 6) is 0.861. The van der Waals surface area contributed by atoms with Crippen LogP contribution in [0, 0.1) is 6.92 Å². The van der Waals surface area contributed by atoms with E-state index in [1.165, 1.54) is 9.75 Å². The normalized spacial score (nSPS) is 20.5. The molecule has 2 N–H and O–H groups in total. The quantitative estimate of drug-likeness (QED) is 0.638. The number of ether oxygens (including phenoxy) is 1. The van der Waals surface area contributed by atoms with Crippen LogP contribution in [-0.2, 0) is 11.3 Å². The van der Waals surface area contributed by atoms with E-state index in [-0.39, 0.29) is 6.10 Å². The lowest BCUT2D eigenvalue weighted by molar-refractivity contribution is -0.0161. The molecule has 0 bridgehead atoms. The van der Waals surface area contributed by atoms with E-state index in [0.717, 1.165) is 45.3 Å². The Balaban J connectivity index is 1.83. The largest absolute Gasteiger partial charge is 0.374 e. The van der Waals surface area contributed by atoms with Gasteiger partial charge in [0.25, 0.3) is 0 Å². The Morgan fingerprint density at radius 2 is 2.33 bits per heavy atom. The van der Waals surface area contributed by atoms with Crippen LogP contribution in [0.15, 0.2) is 17.1 Å². The number of thiophene rings is 1. The molecule has 2 rings (SSSR count). The minimum Gasteiger partial charge on any atom is -0.374 e. The Labute approximate surface area is 131 Å². The molecule has 0 aromatic carbocycles. The lowest BCUT2D eigenvalue weighted by Gasteiger charge is -2.30. The first-order valence-corrected chi connectivity index (χ1v) is 8.36. The minimum absolute atomic E-state index is 0.233. The van der Waals surface area contributed by atoms with Crippen molar-refractivity contribution >= 4 is 17.3 Å². The van der Waals surface area contributed by atoms with E-state index < -0.39 is 0 Å². The number of aryl methyl sites for hydroxylation is 1. The maximum Gasteiger partial charge on any atom is 0.191 e. The Hall–Kier alpha value is -1.11. The van der Waals surface area contributed by atoms with Gasteiger partial charge in [0.1, 0.15) is 0 Å². The second kappa shape index (κ2) is 8.36. The molecule has 1 atom stereocenters. The van der Waals surface area contributed by atoms with E-state index in [0.29, 0.717) is 0 Å². The second-order valence-corrected chi connectivity index (χ2v) is 6.72. The van der Waals surface area contributed by atoms with Crippen molar-refractivity contribution in [3.8, 4) is 0 Å². The lowest BCUT2D eigenvalue weighted by atomic mass is 10.3. The van der Waals surface area contributed by atoms with Gasteiger partial charge in [-0.1, -0.05) is 0 Å². The zero-order valence-electron chi connectivity index (χ0n) is 13.2. The number of rotatable bonds is 5. The smallest absolute Gasteiger partial charge is 0.191 e. The molecule has 1 unspecified atom stereocenters. The summed E-state index contributed by atoms with van der Waals surface area (Å²) >= 11 is 1.80. The lowest BCUT2D eigenvalue weighted by Crippen LogP contribution is -2.48. The summed E-state index contributed by atoms with van der Waals surface area (Å²) in [6, 6.07) is 4.29. The third-order valence-electron chi connectivity index (χ3n) is 3.37. The van der Waals surface area contributed by atoms with E-state index in [1.54, 1.807) is 11.3 Å². The highest BCUT2D eigenvalue weighted by Crippen LogP contribution is 2.15. The first kappa shape index (κ1) is 16.3.